The van der Waals surface area contributed by atoms with Gasteiger partial charge in [0.2, 0.25) is 0 Å². The molecule has 1 aliphatic carbocycles. The largest absolute Gasteiger partial charge is 0.489 e. The minimum absolute atomic E-state index is 0.0673. The van der Waals surface area contributed by atoms with Crippen LogP contribution in [0.1, 0.15) is 35.7 Å². The van der Waals surface area contributed by atoms with Crippen LogP contribution in [0, 0.1) is 5.92 Å². The molecule has 3 rings (SSSR count). The van der Waals surface area contributed by atoms with Crippen molar-refractivity contribution < 1.29 is 37.4 Å². The van der Waals surface area contributed by atoms with Gasteiger partial charge in [0, 0.05) is 25.2 Å². The normalized spacial score (nSPS) is 12.9. The van der Waals surface area contributed by atoms with Crippen molar-refractivity contribution in [1.29, 1.82) is 0 Å². The molecule has 2 aromatic rings. The van der Waals surface area contributed by atoms with Crippen molar-refractivity contribution in [2.45, 2.75) is 26.4 Å². The second kappa shape index (κ2) is 11.9. The topological polar surface area (TPSA) is 107 Å². The summed E-state index contributed by atoms with van der Waals surface area (Å²) >= 11 is 0. The number of amides is 2. The maximum atomic E-state index is 12.7. The van der Waals surface area contributed by atoms with Gasteiger partial charge in [0.1, 0.15) is 0 Å². The van der Waals surface area contributed by atoms with Crippen LogP contribution >= 0.6 is 0 Å². The van der Waals surface area contributed by atoms with E-state index < -0.39 is 31.0 Å². The molecule has 0 heterocycles. The van der Waals surface area contributed by atoms with Crippen molar-refractivity contribution in [2.75, 3.05) is 25.6 Å². The van der Waals surface area contributed by atoms with Crippen molar-refractivity contribution in [1.82, 2.24) is 5.01 Å². The number of carbonyl (C=O) groups is 3. The van der Waals surface area contributed by atoms with E-state index >= 15 is 0 Å². The summed E-state index contributed by atoms with van der Waals surface area (Å²) in [5.74, 6) is -0.953. The van der Waals surface area contributed by atoms with Crippen LogP contribution in [-0.2, 0) is 14.3 Å². The van der Waals surface area contributed by atoms with E-state index in [-0.39, 0.29) is 11.5 Å². The highest BCUT2D eigenvalue weighted by Crippen LogP contribution is 2.34. The van der Waals surface area contributed by atoms with Gasteiger partial charge in [-0.2, -0.15) is 13.9 Å². The third kappa shape index (κ3) is 8.36. The zero-order valence-corrected chi connectivity index (χ0v) is 19.2. The molecule has 35 heavy (non-hydrogen) atoms. The monoisotopic (exact) mass is 489 g/mol. The average Bonchev–Trinajstić information content (AvgIpc) is 3.65. The Bertz CT molecular complexity index is 1090. The second-order valence-electron chi connectivity index (χ2n) is 7.82. The highest BCUT2D eigenvalue weighted by molar-refractivity contribution is 5.96. The van der Waals surface area contributed by atoms with Gasteiger partial charge in [0.15, 0.2) is 18.1 Å². The number of carbonyl (C=O) groups excluding carboxylic acids is 3. The van der Waals surface area contributed by atoms with Crippen LogP contribution in [0.4, 0.5) is 14.5 Å². The molecule has 1 N–H and O–H groups in total. The van der Waals surface area contributed by atoms with Gasteiger partial charge in [-0.05, 0) is 66.8 Å². The molecule has 2 amide bonds. The van der Waals surface area contributed by atoms with E-state index in [9.17, 15) is 23.2 Å². The van der Waals surface area contributed by atoms with Crippen molar-refractivity contribution in [3.63, 3.8) is 0 Å². The lowest BCUT2D eigenvalue weighted by atomic mass is 10.2. The van der Waals surface area contributed by atoms with E-state index in [1.807, 2.05) is 0 Å². The highest BCUT2D eigenvalue weighted by Gasteiger charge is 2.23. The Morgan fingerprint density at radius 2 is 1.86 bits per heavy atom. The molecule has 0 aliphatic heterocycles. The molecule has 0 radical (unpaired) electrons. The maximum Gasteiger partial charge on any atom is 0.387 e. The Kier molecular flexibility index (Phi) is 8.71. The van der Waals surface area contributed by atoms with Crippen molar-refractivity contribution in [3.8, 4) is 11.5 Å². The number of alkyl halides is 2. The number of ether oxygens (including phenoxy) is 3. The van der Waals surface area contributed by atoms with Crippen molar-refractivity contribution in [2.24, 2.45) is 11.0 Å². The SMILES string of the molecule is CC(=O)OCC(=O)Nc1ccc(C(=O)N(C)/N=C/c2ccc(OC(F)F)c(OCC3CC3)c2)cc1. The van der Waals surface area contributed by atoms with Gasteiger partial charge in [-0.3, -0.25) is 14.4 Å². The first-order chi connectivity index (χ1) is 16.7. The first-order valence-electron chi connectivity index (χ1n) is 10.8. The van der Waals surface area contributed by atoms with Gasteiger partial charge in [-0.25, -0.2) is 5.01 Å². The zero-order chi connectivity index (χ0) is 25.4. The molecule has 186 valence electrons. The van der Waals surface area contributed by atoms with E-state index in [0.717, 1.165) is 17.9 Å². The molecule has 1 fully saturated rings. The molecule has 11 heteroatoms. The predicted molar refractivity (Wildman–Crippen MR) is 123 cm³/mol. The summed E-state index contributed by atoms with van der Waals surface area (Å²) in [7, 11) is 1.46. The number of hydrogen-bond acceptors (Lipinski definition) is 7. The summed E-state index contributed by atoms with van der Waals surface area (Å²) in [5, 5.41) is 7.77. The van der Waals surface area contributed by atoms with Crippen molar-refractivity contribution in [3.05, 3.63) is 53.6 Å². The molecular weight excluding hydrogens is 464 g/mol. The van der Waals surface area contributed by atoms with Gasteiger partial charge in [0.25, 0.3) is 11.8 Å². The smallest absolute Gasteiger partial charge is 0.387 e. The summed E-state index contributed by atoms with van der Waals surface area (Å²) in [4.78, 5) is 35.1. The number of hydrogen-bond donors (Lipinski definition) is 1. The standard InChI is InChI=1S/C24H25F2N3O6/c1-15(30)33-14-22(31)28-19-8-6-18(7-9-19)23(32)29(2)27-12-17-5-10-20(35-24(25)26)21(11-17)34-13-16-3-4-16/h5-12,16,24H,3-4,13-14H2,1-2H3,(H,28,31)/b27-12+. The molecule has 0 unspecified atom stereocenters. The maximum absolute atomic E-state index is 12.7. The fourth-order valence-electron chi connectivity index (χ4n) is 2.86. The molecular formula is C24H25F2N3O6. The highest BCUT2D eigenvalue weighted by atomic mass is 19.3. The van der Waals surface area contributed by atoms with E-state index in [4.69, 9.17) is 4.74 Å². The Labute approximate surface area is 200 Å². The number of esters is 1. The molecule has 1 aliphatic rings. The number of hydrazone groups is 1. The van der Waals surface area contributed by atoms with Crippen LogP contribution in [0.2, 0.25) is 0 Å². The number of halogens is 2. The number of nitrogens with zero attached hydrogens (tertiary/aromatic N) is 2. The lowest BCUT2D eigenvalue weighted by molar-refractivity contribution is -0.144. The van der Waals surface area contributed by atoms with Gasteiger partial charge >= 0.3 is 12.6 Å². The van der Waals surface area contributed by atoms with E-state index in [2.05, 4.69) is 19.9 Å². The summed E-state index contributed by atoms with van der Waals surface area (Å²) in [5.41, 5.74) is 1.27. The van der Waals surface area contributed by atoms with Crippen LogP contribution < -0.4 is 14.8 Å². The van der Waals surface area contributed by atoms with Crippen LogP contribution in [-0.4, -0.2) is 55.9 Å². The molecule has 0 atom stereocenters. The summed E-state index contributed by atoms with van der Waals surface area (Å²) in [6.45, 7) is -1.77. The van der Waals surface area contributed by atoms with Crippen LogP contribution in [0.3, 0.4) is 0 Å². The Morgan fingerprint density at radius 3 is 2.49 bits per heavy atom. The number of anilines is 1. The minimum Gasteiger partial charge on any atom is -0.489 e. The fourth-order valence-corrected chi connectivity index (χ4v) is 2.86. The molecule has 9 nitrogen and oxygen atoms in total. The zero-order valence-electron chi connectivity index (χ0n) is 19.2. The Balaban J connectivity index is 1.61. The number of benzene rings is 2. The van der Waals surface area contributed by atoms with Crippen LogP contribution in [0.15, 0.2) is 47.6 Å². The lowest BCUT2D eigenvalue weighted by Gasteiger charge is -2.13. The third-order valence-corrected chi connectivity index (χ3v) is 4.85. The quantitative estimate of drug-likeness (QED) is 0.293. The Morgan fingerprint density at radius 1 is 1.14 bits per heavy atom. The first-order valence-corrected chi connectivity index (χ1v) is 10.8. The molecule has 0 spiro atoms. The molecule has 0 saturated heterocycles. The Hall–Kier alpha value is -4.02. The van der Waals surface area contributed by atoms with E-state index in [1.165, 1.54) is 62.7 Å². The first kappa shape index (κ1) is 25.6. The molecule has 2 aromatic carbocycles. The minimum atomic E-state index is -2.98. The van der Waals surface area contributed by atoms with Gasteiger partial charge < -0.3 is 19.5 Å². The lowest BCUT2D eigenvalue weighted by Crippen LogP contribution is -2.22. The van der Waals surface area contributed by atoms with E-state index in [0.29, 0.717) is 29.3 Å². The van der Waals surface area contributed by atoms with Crippen LogP contribution in [0.5, 0.6) is 11.5 Å². The summed E-state index contributed by atoms with van der Waals surface area (Å²) in [6.07, 6.45) is 3.49. The average molecular weight is 489 g/mol. The van der Waals surface area contributed by atoms with Crippen molar-refractivity contribution >= 4 is 29.7 Å². The van der Waals surface area contributed by atoms with Gasteiger partial charge in [-0.15, -0.1) is 0 Å². The number of rotatable bonds is 11. The van der Waals surface area contributed by atoms with E-state index in [1.54, 1.807) is 0 Å². The summed E-state index contributed by atoms with van der Waals surface area (Å²) in [6, 6.07) is 10.5. The molecule has 0 bridgehead atoms. The summed E-state index contributed by atoms with van der Waals surface area (Å²) < 4.78 is 40.1. The van der Waals surface area contributed by atoms with Gasteiger partial charge in [-0.1, -0.05) is 0 Å². The second-order valence-corrected chi connectivity index (χ2v) is 7.82. The van der Waals surface area contributed by atoms with Crippen LogP contribution in [0.25, 0.3) is 0 Å². The molecule has 1 saturated carbocycles. The third-order valence-electron chi connectivity index (χ3n) is 4.85. The molecule has 0 aromatic heterocycles. The fraction of sp³-hybridized carbons (Fsp3) is 0.333. The number of nitrogens with one attached hydrogen (secondary N) is 1. The van der Waals surface area contributed by atoms with Gasteiger partial charge in [0.05, 0.1) is 12.8 Å². The predicted octanol–water partition coefficient (Wildman–Crippen LogP) is 3.68.